The first-order chi connectivity index (χ1) is 5.40. The Hall–Kier alpha value is -0.110. The molecule has 0 saturated heterocycles. The molecule has 0 aliphatic carbocycles. The van der Waals surface area contributed by atoms with Crippen LogP contribution in [0.1, 0.15) is 47.0 Å². The molecule has 2 heteroatoms. The summed E-state index contributed by atoms with van der Waals surface area (Å²) in [5.74, 6) is 0.354. The highest BCUT2D eigenvalue weighted by Gasteiger charge is 2.31. The molecule has 0 saturated carbocycles. The molecule has 0 aromatic heterocycles. The van der Waals surface area contributed by atoms with Gasteiger partial charge in [0.05, 0.1) is 6.10 Å². The number of hydrogen-bond acceptors (Lipinski definition) is 1. The van der Waals surface area contributed by atoms with Crippen molar-refractivity contribution in [2.45, 2.75) is 58.7 Å². The molecule has 2 atom stereocenters. The van der Waals surface area contributed by atoms with Gasteiger partial charge in [0.1, 0.15) is 5.67 Å². The zero-order valence-corrected chi connectivity index (χ0v) is 8.60. The summed E-state index contributed by atoms with van der Waals surface area (Å²) in [4.78, 5) is 0. The van der Waals surface area contributed by atoms with Crippen LogP contribution in [-0.2, 0) is 0 Å². The van der Waals surface area contributed by atoms with E-state index in [1.54, 1.807) is 0 Å². The molecule has 0 aliphatic heterocycles. The van der Waals surface area contributed by atoms with Crippen LogP contribution in [0.4, 0.5) is 4.39 Å². The lowest BCUT2D eigenvalue weighted by Crippen LogP contribution is -2.35. The maximum Gasteiger partial charge on any atom is 0.134 e. The molecule has 0 radical (unpaired) electrons. The Kier molecular flexibility index (Phi) is 4.76. The van der Waals surface area contributed by atoms with Gasteiger partial charge in [0.2, 0.25) is 0 Å². The zero-order chi connectivity index (χ0) is 9.78. The lowest BCUT2D eigenvalue weighted by atomic mass is 9.90. The predicted molar refractivity (Wildman–Crippen MR) is 49.9 cm³/mol. The second kappa shape index (κ2) is 4.80. The molecule has 0 spiro atoms. The van der Waals surface area contributed by atoms with E-state index < -0.39 is 11.8 Å². The fourth-order valence-corrected chi connectivity index (χ4v) is 1.35. The lowest BCUT2D eigenvalue weighted by Gasteiger charge is -2.27. The molecule has 0 rings (SSSR count). The second-order valence-electron chi connectivity index (χ2n) is 4.17. The quantitative estimate of drug-likeness (QED) is 0.683. The zero-order valence-electron chi connectivity index (χ0n) is 8.60. The van der Waals surface area contributed by atoms with E-state index in [1.165, 1.54) is 6.92 Å². The highest BCUT2D eigenvalue weighted by Crippen LogP contribution is 2.26. The van der Waals surface area contributed by atoms with Crippen molar-refractivity contribution in [2.75, 3.05) is 0 Å². The van der Waals surface area contributed by atoms with Crippen LogP contribution in [0.25, 0.3) is 0 Å². The molecule has 0 amide bonds. The SMILES string of the molecule is CCCC(C)(F)[C@@H](O)CC(C)C. The standard InChI is InChI=1S/C10H21FO/c1-5-6-10(4,11)9(12)7-8(2)3/h8-9,12H,5-7H2,1-4H3/t9-,10?/m0/s1. The molecule has 1 N–H and O–H groups in total. The van der Waals surface area contributed by atoms with Crippen LogP contribution in [0.2, 0.25) is 0 Å². The van der Waals surface area contributed by atoms with Crippen LogP contribution in [-0.4, -0.2) is 16.9 Å². The summed E-state index contributed by atoms with van der Waals surface area (Å²) in [5, 5.41) is 9.50. The van der Waals surface area contributed by atoms with Gasteiger partial charge >= 0.3 is 0 Å². The van der Waals surface area contributed by atoms with Crippen molar-refractivity contribution in [3.63, 3.8) is 0 Å². The normalized spacial score (nSPS) is 19.2. The molecule has 0 aromatic rings. The molecule has 1 nitrogen and oxygen atoms in total. The van der Waals surface area contributed by atoms with E-state index in [-0.39, 0.29) is 0 Å². The van der Waals surface area contributed by atoms with Gasteiger partial charge in [-0.05, 0) is 25.7 Å². The lowest BCUT2D eigenvalue weighted by molar-refractivity contribution is -0.0141. The summed E-state index contributed by atoms with van der Waals surface area (Å²) >= 11 is 0. The summed E-state index contributed by atoms with van der Waals surface area (Å²) in [6, 6.07) is 0. The summed E-state index contributed by atoms with van der Waals surface area (Å²) in [5.41, 5.74) is -1.40. The number of alkyl halides is 1. The average Bonchev–Trinajstić information content (AvgIpc) is 1.85. The van der Waals surface area contributed by atoms with E-state index in [0.717, 1.165) is 6.42 Å². The molecule has 0 bridgehead atoms. The molecule has 0 aliphatic rings. The largest absolute Gasteiger partial charge is 0.390 e. The maximum atomic E-state index is 13.6. The van der Waals surface area contributed by atoms with Crippen LogP contribution < -0.4 is 0 Å². The van der Waals surface area contributed by atoms with Gasteiger partial charge in [-0.25, -0.2) is 4.39 Å². The van der Waals surface area contributed by atoms with Gasteiger partial charge in [-0.2, -0.15) is 0 Å². The van der Waals surface area contributed by atoms with Crippen molar-refractivity contribution in [3.8, 4) is 0 Å². The molecular weight excluding hydrogens is 155 g/mol. The van der Waals surface area contributed by atoms with Crippen molar-refractivity contribution in [1.82, 2.24) is 0 Å². The highest BCUT2D eigenvalue weighted by molar-refractivity contribution is 4.82. The van der Waals surface area contributed by atoms with Crippen LogP contribution in [0.3, 0.4) is 0 Å². The van der Waals surface area contributed by atoms with Gasteiger partial charge in [0.15, 0.2) is 0 Å². The van der Waals surface area contributed by atoms with Crippen LogP contribution in [0, 0.1) is 5.92 Å². The highest BCUT2D eigenvalue weighted by atomic mass is 19.1. The smallest absolute Gasteiger partial charge is 0.134 e. The van der Waals surface area contributed by atoms with Crippen LogP contribution in [0.5, 0.6) is 0 Å². The molecule has 12 heavy (non-hydrogen) atoms. The Labute approximate surface area is 75.0 Å². The molecule has 0 fully saturated rings. The monoisotopic (exact) mass is 176 g/mol. The summed E-state index contributed by atoms with van der Waals surface area (Å²) in [7, 11) is 0. The Balaban J connectivity index is 3.96. The minimum atomic E-state index is -1.40. The summed E-state index contributed by atoms with van der Waals surface area (Å²) in [6.07, 6.45) is 0.966. The van der Waals surface area contributed by atoms with E-state index in [0.29, 0.717) is 18.8 Å². The number of aliphatic hydroxyl groups excluding tert-OH is 1. The molecule has 0 heterocycles. The van der Waals surface area contributed by atoms with Gasteiger partial charge in [-0.3, -0.25) is 0 Å². The Bertz CT molecular complexity index is 121. The van der Waals surface area contributed by atoms with Gasteiger partial charge in [0.25, 0.3) is 0 Å². The fraction of sp³-hybridized carbons (Fsp3) is 1.00. The first-order valence-electron chi connectivity index (χ1n) is 4.77. The Morgan fingerprint density at radius 1 is 1.42 bits per heavy atom. The van der Waals surface area contributed by atoms with E-state index in [4.69, 9.17) is 0 Å². The summed E-state index contributed by atoms with van der Waals surface area (Å²) < 4.78 is 13.6. The van der Waals surface area contributed by atoms with E-state index in [9.17, 15) is 9.50 Å². The van der Waals surface area contributed by atoms with Gasteiger partial charge in [-0.1, -0.05) is 27.2 Å². The molecule has 0 aromatic carbocycles. The van der Waals surface area contributed by atoms with Gasteiger partial charge in [0, 0.05) is 0 Å². The third-order valence-electron chi connectivity index (χ3n) is 2.13. The summed E-state index contributed by atoms with van der Waals surface area (Å²) in [6.45, 7) is 7.40. The minimum Gasteiger partial charge on any atom is -0.390 e. The number of hydrogen-bond donors (Lipinski definition) is 1. The molecule has 74 valence electrons. The number of rotatable bonds is 5. The number of aliphatic hydroxyl groups is 1. The third kappa shape index (κ3) is 4.05. The van der Waals surface area contributed by atoms with Crippen LogP contribution >= 0.6 is 0 Å². The topological polar surface area (TPSA) is 20.2 Å². The predicted octanol–water partition coefficient (Wildman–Crippen LogP) is 2.92. The van der Waals surface area contributed by atoms with E-state index in [1.807, 2.05) is 20.8 Å². The fourth-order valence-electron chi connectivity index (χ4n) is 1.35. The first-order valence-corrected chi connectivity index (χ1v) is 4.77. The van der Waals surface area contributed by atoms with Crippen molar-refractivity contribution >= 4 is 0 Å². The Morgan fingerprint density at radius 3 is 2.25 bits per heavy atom. The van der Waals surface area contributed by atoms with Crippen LogP contribution in [0.15, 0.2) is 0 Å². The van der Waals surface area contributed by atoms with Crippen molar-refractivity contribution < 1.29 is 9.50 Å². The van der Waals surface area contributed by atoms with Gasteiger partial charge < -0.3 is 5.11 Å². The second-order valence-corrected chi connectivity index (χ2v) is 4.17. The van der Waals surface area contributed by atoms with Gasteiger partial charge in [-0.15, -0.1) is 0 Å². The van der Waals surface area contributed by atoms with Crippen molar-refractivity contribution in [3.05, 3.63) is 0 Å². The average molecular weight is 176 g/mol. The van der Waals surface area contributed by atoms with E-state index >= 15 is 0 Å². The third-order valence-corrected chi connectivity index (χ3v) is 2.13. The van der Waals surface area contributed by atoms with Crippen molar-refractivity contribution in [2.24, 2.45) is 5.92 Å². The molecule has 1 unspecified atom stereocenters. The maximum absolute atomic E-state index is 13.6. The number of halogens is 1. The Morgan fingerprint density at radius 2 is 1.92 bits per heavy atom. The first kappa shape index (κ1) is 11.9. The van der Waals surface area contributed by atoms with E-state index in [2.05, 4.69) is 0 Å². The van der Waals surface area contributed by atoms with Crippen molar-refractivity contribution in [1.29, 1.82) is 0 Å². The molecular formula is C10H21FO. The minimum absolute atomic E-state index is 0.354.